The number of hydrogen-bond donors (Lipinski definition) is 0. The van der Waals surface area contributed by atoms with E-state index in [0.717, 1.165) is 29.7 Å². The van der Waals surface area contributed by atoms with Crippen molar-refractivity contribution < 1.29 is 4.79 Å². The van der Waals surface area contributed by atoms with Gasteiger partial charge in [0.05, 0.1) is 11.7 Å². The average molecular weight is 411 g/mol. The summed E-state index contributed by atoms with van der Waals surface area (Å²) in [5.41, 5.74) is 2.71. The monoisotopic (exact) mass is 410 g/mol. The van der Waals surface area contributed by atoms with Crippen LogP contribution in [0.15, 0.2) is 48.9 Å². The molecule has 2 aromatic heterocycles. The lowest BCUT2D eigenvalue weighted by atomic mass is 10.00. The highest BCUT2D eigenvalue weighted by Gasteiger charge is 2.33. The van der Waals surface area contributed by atoms with Crippen molar-refractivity contribution in [1.29, 1.82) is 0 Å². The average Bonchev–Trinajstić information content (AvgIpc) is 3.39. The molecule has 1 atom stereocenters. The Hall–Kier alpha value is -2.93. The van der Waals surface area contributed by atoms with Crippen LogP contribution in [0.5, 0.6) is 0 Å². The highest BCUT2D eigenvalue weighted by molar-refractivity contribution is 6.30. The molecular formula is C21H23ClN6O. The summed E-state index contributed by atoms with van der Waals surface area (Å²) in [4.78, 5) is 26.1. The maximum absolute atomic E-state index is 13.0. The minimum absolute atomic E-state index is 0.0401. The van der Waals surface area contributed by atoms with Gasteiger partial charge in [-0.1, -0.05) is 23.7 Å². The lowest BCUT2D eigenvalue weighted by Crippen LogP contribution is -2.34. The maximum Gasteiger partial charge on any atom is 0.244 e. The second-order valence-corrected chi connectivity index (χ2v) is 7.76. The molecule has 1 aliphatic rings. The van der Waals surface area contributed by atoms with Crippen molar-refractivity contribution in [3.05, 3.63) is 59.6 Å². The number of likely N-dealkylation sites (tertiary alicyclic amines) is 1. The van der Waals surface area contributed by atoms with E-state index in [2.05, 4.69) is 10.1 Å². The first-order valence-corrected chi connectivity index (χ1v) is 9.98. The molecule has 150 valence electrons. The summed E-state index contributed by atoms with van der Waals surface area (Å²) in [5.74, 6) is 0.662. The summed E-state index contributed by atoms with van der Waals surface area (Å²) in [7, 11) is 3.82. The first-order chi connectivity index (χ1) is 14.0. The summed E-state index contributed by atoms with van der Waals surface area (Å²) >= 11 is 6.22. The van der Waals surface area contributed by atoms with Crippen LogP contribution in [0, 0.1) is 0 Å². The maximum atomic E-state index is 13.0. The van der Waals surface area contributed by atoms with E-state index in [1.807, 2.05) is 60.4 Å². The van der Waals surface area contributed by atoms with Gasteiger partial charge in [-0.15, -0.1) is 0 Å². The second-order valence-electron chi connectivity index (χ2n) is 7.32. The molecule has 3 heterocycles. The zero-order valence-electron chi connectivity index (χ0n) is 16.5. The minimum Gasteiger partial charge on any atom is -0.347 e. The smallest absolute Gasteiger partial charge is 0.244 e. The number of benzene rings is 1. The number of rotatable bonds is 5. The quantitative estimate of drug-likeness (QED) is 0.644. The predicted octanol–water partition coefficient (Wildman–Crippen LogP) is 3.42. The molecule has 1 saturated heterocycles. The summed E-state index contributed by atoms with van der Waals surface area (Å²) in [6.07, 6.45) is 7.11. The van der Waals surface area contributed by atoms with Crippen molar-refractivity contribution >= 4 is 23.5 Å². The summed E-state index contributed by atoms with van der Waals surface area (Å²) in [5, 5.41) is 4.82. The van der Waals surface area contributed by atoms with Crippen LogP contribution in [0.3, 0.4) is 0 Å². The van der Waals surface area contributed by atoms with E-state index >= 15 is 0 Å². The number of carbonyl (C=O) groups is 1. The van der Waals surface area contributed by atoms with Gasteiger partial charge in [-0.3, -0.25) is 9.48 Å². The Morgan fingerprint density at radius 1 is 1.31 bits per heavy atom. The summed E-state index contributed by atoms with van der Waals surface area (Å²) in [6, 6.07) is 9.37. The molecule has 1 aromatic carbocycles. The van der Waals surface area contributed by atoms with Gasteiger partial charge in [0, 0.05) is 49.8 Å². The molecule has 0 N–H and O–H groups in total. The number of nitrogens with zero attached hydrogens (tertiary/aromatic N) is 6. The summed E-state index contributed by atoms with van der Waals surface area (Å²) in [6.45, 7) is 0.933. The Morgan fingerprint density at radius 2 is 2.17 bits per heavy atom. The van der Waals surface area contributed by atoms with Gasteiger partial charge in [-0.2, -0.15) is 5.10 Å². The van der Waals surface area contributed by atoms with Crippen LogP contribution < -0.4 is 4.90 Å². The fourth-order valence-corrected chi connectivity index (χ4v) is 3.90. The third-order valence-corrected chi connectivity index (χ3v) is 5.32. The number of aromatic nitrogens is 4. The highest BCUT2D eigenvalue weighted by atomic mass is 35.5. The molecule has 29 heavy (non-hydrogen) atoms. The van der Waals surface area contributed by atoms with Crippen LogP contribution in [0.25, 0.3) is 11.1 Å². The van der Waals surface area contributed by atoms with E-state index in [9.17, 15) is 4.79 Å². The Bertz CT molecular complexity index is 1000. The Kier molecular flexibility index (Phi) is 5.49. The van der Waals surface area contributed by atoms with Gasteiger partial charge in [0.2, 0.25) is 11.9 Å². The number of carbonyl (C=O) groups excluding carboxylic acids is 1. The molecule has 1 aliphatic heterocycles. The molecule has 7 nitrogen and oxygen atoms in total. The zero-order chi connectivity index (χ0) is 20.4. The van der Waals surface area contributed by atoms with Gasteiger partial charge < -0.3 is 9.80 Å². The van der Waals surface area contributed by atoms with Crippen molar-refractivity contribution in [2.45, 2.75) is 25.4 Å². The third kappa shape index (κ3) is 4.10. The van der Waals surface area contributed by atoms with Crippen LogP contribution in [0.1, 0.15) is 24.6 Å². The molecule has 3 aromatic rings. The van der Waals surface area contributed by atoms with Crippen LogP contribution in [-0.4, -0.2) is 51.2 Å². The van der Waals surface area contributed by atoms with Crippen LogP contribution in [0.2, 0.25) is 5.02 Å². The summed E-state index contributed by atoms with van der Waals surface area (Å²) < 4.78 is 1.65. The van der Waals surface area contributed by atoms with E-state index < -0.39 is 0 Å². The van der Waals surface area contributed by atoms with E-state index in [0.29, 0.717) is 17.5 Å². The zero-order valence-corrected chi connectivity index (χ0v) is 17.3. The number of halogens is 1. The molecule has 0 bridgehead atoms. The largest absolute Gasteiger partial charge is 0.347 e. The highest BCUT2D eigenvalue weighted by Crippen LogP contribution is 2.37. The molecule has 1 fully saturated rings. The van der Waals surface area contributed by atoms with Crippen molar-refractivity contribution in [1.82, 2.24) is 24.6 Å². The molecule has 1 amide bonds. The van der Waals surface area contributed by atoms with Gasteiger partial charge in [-0.05, 0) is 36.6 Å². The second kappa shape index (κ2) is 8.21. The fourth-order valence-electron chi connectivity index (χ4n) is 3.71. The molecule has 8 heteroatoms. The molecule has 1 unspecified atom stereocenters. The number of anilines is 1. The van der Waals surface area contributed by atoms with E-state index in [1.54, 1.807) is 17.1 Å². The number of amides is 1. The van der Waals surface area contributed by atoms with Gasteiger partial charge in [0.1, 0.15) is 6.54 Å². The van der Waals surface area contributed by atoms with Gasteiger partial charge in [0.25, 0.3) is 0 Å². The van der Waals surface area contributed by atoms with Gasteiger partial charge in [0.15, 0.2) is 0 Å². The molecule has 0 radical (unpaired) electrons. The number of hydrogen-bond acceptors (Lipinski definition) is 5. The van der Waals surface area contributed by atoms with Crippen molar-refractivity contribution in [2.75, 3.05) is 25.5 Å². The topological polar surface area (TPSA) is 67.2 Å². The van der Waals surface area contributed by atoms with Crippen LogP contribution >= 0.6 is 11.6 Å². The normalized spacial score (nSPS) is 16.2. The van der Waals surface area contributed by atoms with Crippen molar-refractivity contribution in [3.8, 4) is 11.1 Å². The van der Waals surface area contributed by atoms with E-state index in [1.165, 1.54) is 0 Å². The molecular weight excluding hydrogens is 388 g/mol. The van der Waals surface area contributed by atoms with E-state index in [4.69, 9.17) is 16.6 Å². The van der Waals surface area contributed by atoms with Crippen molar-refractivity contribution in [2.24, 2.45) is 0 Å². The van der Waals surface area contributed by atoms with Gasteiger partial charge >= 0.3 is 0 Å². The first-order valence-electron chi connectivity index (χ1n) is 9.60. The Morgan fingerprint density at radius 3 is 2.90 bits per heavy atom. The van der Waals surface area contributed by atoms with Crippen LogP contribution in [-0.2, 0) is 11.3 Å². The Balaban J connectivity index is 1.73. The SMILES string of the molecule is CN(C)c1ncc(-c2cccc(Cl)c2)c(C2CCCN2C(=O)Cn2cccn2)n1. The molecule has 0 aliphatic carbocycles. The third-order valence-electron chi connectivity index (χ3n) is 5.09. The Labute approximate surface area is 174 Å². The minimum atomic E-state index is -0.103. The van der Waals surface area contributed by atoms with E-state index in [-0.39, 0.29) is 18.5 Å². The standard InChI is InChI=1S/C21H23ClN6O/c1-26(2)21-23-13-17(15-6-3-7-16(22)12-15)20(25-21)18-8-4-11-28(18)19(29)14-27-10-5-9-24-27/h3,5-7,9-10,12-13,18H,4,8,11,14H2,1-2H3. The molecule has 4 rings (SSSR count). The lowest BCUT2D eigenvalue weighted by molar-refractivity contribution is -0.133. The van der Waals surface area contributed by atoms with Crippen LogP contribution in [0.4, 0.5) is 5.95 Å². The predicted molar refractivity (Wildman–Crippen MR) is 113 cm³/mol. The van der Waals surface area contributed by atoms with Crippen molar-refractivity contribution in [3.63, 3.8) is 0 Å². The lowest BCUT2D eigenvalue weighted by Gasteiger charge is -2.27. The first kappa shape index (κ1) is 19.4. The molecule has 0 spiro atoms. The fraction of sp³-hybridized carbons (Fsp3) is 0.333. The van der Waals surface area contributed by atoms with Gasteiger partial charge in [-0.25, -0.2) is 9.97 Å². The molecule has 0 saturated carbocycles.